The van der Waals surface area contributed by atoms with Crippen molar-refractivity contribution in [1.29, 1.82) is 0 Å². The lowest BCUT2D eigenvalue weighted by molar-refractivity contribution is 0.0484. The quantitative estimate of drug-likeness (QED) is 0.853. The van der Waals surface area contributed by atoms with Crippen molar-refractivity contribution in [2.75, 3.05) is 6.61 Å². The molecule has 0 fully saturated rings. The zero-order valence-corrected chi connectivity index (χ0v) is 10.2. The molecule has 1 aromatic heterocycles. The number of nitrogens with zero attached hydrogens (tertiary/aromatic N) is 2. The molecule has 0 unspecified atom stereocenters. The van der Waals surface area contributed by atoms with Crippen molar-refractivity contribution in [3.63, 3.8) is 0 Å². The largest absolute Gasteiger partial charge is 0.507 e. The molecule has 0 aliphatic carbocycles. The Morgan fingerprint density at radius 1 is 1.26 bits per heavy atom. The van der Waals surface area contributed by atoms with Crippen LogP contribution in [0.5, 0.6) is 11.5 Å². The lowest BCUT2D eigenvalue weighted by Crippen LogP contribution is -2.27. The summed E-state index contributed by atoms with van der Waals surface area (Å²) in [5.74, 6) is 0.499. The maximum atomic E-state index is 10.4. The van der Waals surface area contributed by atoms with Crippen LogP contribution in [0.25, 0.3) is 0 Å². The van der Waals surface area contributed by atoms with Gasteiger partial charge in [-0.25, -0.2) is 9.97 Å². The first-order chi connectivity index (χ1) is 9.25. The Morgan fingerprint density at radius 3 is 2.84 bits per heavy atom. The van der Waals surface area contributed by atoms with Gasteiger partial charge in [0.2, 0.25) is 0 Å². The lowest BCUT2D eigenvalue weighted by Gasteiger charge is -2.30. The van der Waals surface area contributed by atoms with Crippen LogP contribution in [0.3, 0.4) is 0 Å². The molecule has 1 aromatic carbocycles. The number of phenols is 1. The Kier molecular flexibility index (Phi) is 3.05. The molecular weight excluding hydrogens is 244 g/mol. The molecule has 0 amide bonds. The molecule has 0 saturated heterocycles. The fourth-order valence-electron chi connectivity index (χ4n) is 2.39. The van der Waals surface area contributed by atoms with Gasteiger partial charge in [0.1, 0.15) is 17.8 Å². The predicted molar refractivity (Wildman–Crippen MR) is 67.8 cm³/mol. The number of phenolic OH excluding ortho intramolecular Hbond substituents is 1. The Bertz CT molecular complexity index is 574. The summed E-state index contributed by atoms with van der Waals surface area (Å²) in [6.45, 7) is 0.409. The molecule has 1 aliphatic rings. The van der Waals surface area contributed by atoms with Gasteiger partial charge >= 0.3 is 0 Å². The van der Waals surface area contributed by atoms with E-state index in [9.17, 15) is 10.2 Å². The molecule has 98 valence electrons. The van der Waals surface area contributed by atoms with Crippen LogP contribution in [-0.2, 0) is 6.42 Å². The number of fused-ring (bicyclic) bond motifs is 1. The Balaban J connectivity index is 1.85. The molecule has 0 spiro atoms. The molecule has 1 aliphatic heterocycles. The van der Waals surface area contributed by atoms with Crippen LogP contribution in [0.2, 0.25) is 0 Å². The number of hydrogen-bond donors (Lipinski definition) is 2. The third-order valence-corrected chi connectivity index (χ3v) is 3.35. The van der Waals surface area contributed by atoms with E-state index in [1.54, 1.807) is 30.6 Å². The van der Waals surface area contributed by atoms with Crippen molar-refractivity contribution in [1.82, 2.24) is 9.97 Å². The van der Waals surface area contributed by atoms with E-state index in [1.165, 1.54) is 6.33 Å². The minimum Gasteiger partial charge on any atom is -0.507 e. The van der Waals surface area contributed by atoms with Gasteiger partial charge in [-0.2, -0.15) is 0 Å². The molecule has 2 atom stereocenters. The van der Waals surface area contributed by atoms with E-state index < -0.39 is 6.10 Å². The zero-order chi connectivity index (χ0) is 13.2. The van der Waals surface area contributed by atoms with E-state index in [1.807, 2.05) is 0 Å². The van der Waals surface area contributed by atoms with Gasteiger partial charge in [-0.1, -0.05) is 6.07 Å². The molecule has 0 bridgehead atoms. The zero-order valence-electron chi connectivity index (χ0n) is 10.2. The number of benzene rings is 1. The Hall–Kier alpha value is -2.14. The number of aromatic nitrogens is 2. The number of hydrogen-bond acceptors (Lipinski definition) is 5. The van der Waals surface area contributed by atoms with Crippen LogP contribution in [0.15, 0.2) is 36.9 Å². The first-order valence-corrected chi connectivity index (χ1v) is 6.12. The van der Waals surface area contributed by atoms with Crippen molar-refractivity contribution in [2.24, 2.45) is 5.92 Å². The maximum absolute atomic E-state index is 10.4. The van der Waals surface area contributed by atoms with Gasteiger partial charge in [0.05, 0.1) is 18.3 Å². The number of rotatable bonds is 2. The summed E-state index contributed by atoms with van der Waals surface area (Å²) in [6, 6.07) is 5.01. The molecule has 5 nitrogen and oxygen atoms in total. The average Bonchev–Trinajstić information content (AvgIpc) is 2.43. The second-order valence-corrected chi connectivity index (χ2v) is 4.66. The van der Waals surface area contributed by atoms with Crippen LogP contribution in [0.1, 0.15) is 17.2 Å². The fourth-order valence-corrected chi connectivity index (χ4v) is 2.39. The maximum Gasteiger partial charge on any atom is 0.128 e. The highest BCUT2D eigenvalue weighted by Gasteiger charge is 2.31. The topological polar surface area (TPSA) is 75.5 Å². The van der Waals surface area contributed by atoms with Crippen molar-refractivity contribution >= 4 is 0 Å². The van der Waals surface area contributed by atoms with Crippen LogP contribution in [0.4, 0.5) is 0 Å². The molecule has 2 aromatic rings. The second kappa shape index (κ2) is 4.85. The summed E-state index contributed by atoms with van der Waals surface area (Å²) in [7, 11) is 0. The van der Waals surface area contributed by atoms with Gasteiger partial charge < -0.3 is 14.9 Å². The van der Waals surface area contributed by atoms with E-state index in [0.717, 1.165) is 5.56 Å². The Labute approximate surface area is 110 Å². The van der Waals surface area contributed by atoms with E-state index >= 15 is 0 Å². The number of ether oxygens (including phenoxy) is 1. The van der Waals surface area contributed by atoms with Crippen LogP contribution >= 0.6 is 0 Å². The summed E-state index contributed by atoms with van der Waals surface area (Å²) in [4.78, 5) is 7.91. The molecule has 2 N–H and O–H groups in total. The minimum absolute atomic E-state index is 0.0685. The SMILES string of the molecule is Oc1cccc2c1[C@H](O)[C@H](Cc1cncnc1)CO2. The Morgan fingerprint density at radius 2 is 2.05 bits per heavy atom. The van der Waals surface area contributed by atoms with Crippen LogP contribution in [-0.4, -0.2) is 26.8 Å². The summed E-state index contributed by atoms with van der Waals surface area (Å²) in [5.41, 5.74) is 1.41. The average molecular weight is 258 g/mol. The highest BCUT2D eigenvalue weighted by atomic mass is 16.5. The van der Waals surface area contributed by atoms with Crippen molar-refractivity contribution in [2.45, 2.75) is 12.5 Å². The second-order valence-electron chi connectivity index (χ2n) is 4.66. The van der Waals surface area contributed by atoms with Crippen molar-refractivity contribution in [3.05, 3.63) is 48.0 Å². The summed E-state index contributed by atoms with van der Waals surface area (Å²) in [5, 5.41) is 20.2. The minimum atomic E-state index is -0.745. The van der Waals surface area contributed by atoms with Crippen LogP contribution < -0.4 is 4.74 Å². The highest BCUT2D eigenvalue weighted by Crippen LogP contribution is 2.41. The fraction of sp³-hybridized carbons (Fsp3) is 0.286. The van der Waals surface area contributed by atoms with Crippen LogP contribution in [0, 0.1) is 5.92 Å². The first-order valence-electron chi connectivity index (χ1n) is 6.12. The smallest absolute Gasteiger partial charge is 0.128 e. The highest BCUT2D eigenvalue weighted by molar-refractivity contribution is 5.46. The molecule has 2 heterocycles. The third-order valence-electron chi connectivity index (χ3n) is 3.35. The molecule has 0 saturated carbocycles. The summed E-state index contributed by atoms with van der Waals surface area (Å²) >= 11 is 0. The first kappa shape index (κ1) is 11.9. The van der Waals surface area contributed by atoms with Gasteiger partial charge in [-0.3, -0.25) is 0 Å². The summed E-state index contributed by atoms with van der Waals surface area (Å²) in [6.07, 6.45) is 4.78. The van der Waals surface area contributed by atoms with E-state index in [2.05, 4.69) is 9.97 Å². The van der Waals surface area contributed by atoms with Crippen molar-refractivity contribution < 1.29 is 14.9 Å². The van der Waals surface area contributed by atoms with E-state index in [-0.39, 0.29) is 11.7 Å². The lowest BCUT2D eigenvalue weighted by atomic mass is 9.88. The van der Waals surface area contributed by atoms with E-state index in [0.29, 0.717) is 24.3 Å². The standard InChI is InChI=1S/C14H14N2O3/c17-11-2-1-3-12-13(11)14(18)10(7-19-12)4-9-5-15-8-16-6-9/h1-3,5-6,8,10,14,17-18H,4,7H2/t10-,14-/m1/s1. The molecule has 5 heteroatoms. The van der Waals surface area contributed by atoms with Crippen molar-refractivity contribution in [3.8, 4) is 11.5 Å². The number of aliphatic hydroxyl groups excluding tert-OH is 1. The third kappa shape index (κ3) is 2.24. The van der Waals surface area contributed by atoms with Gasteiger partial charge in [0, 0.05) is 18.3 Å². The molecule has 3 rings (SSSR count). The number of aliphatic hydroxyl groups is 1. The predicted octanol–water partition coefficient (Wildman–Crippen LogP) is 1.47. The van der Waals surface area contributed by atoms with Gasteiger partial charge in [-0.15, -0.1) is 0 Å². The molecular formula is C14H14N2O3. The van der Waals surface area contributed by atoms with Gasteiger partial charge in [-0.05, 0) is 24.1 Å². The normalized spacial score (nSPS) is 21.5. The van der Waals surface area contributed by atoms with E-state index in [4.69, 9.17) is 4.74 Å². The molecule has 19 heavy (non-hydrogen) atoms. The summed E-state index contributed by atoms with van der Waals surface area (Å²) < 4.78 is 5.60. The monoisotopic (exact) mass is 258 g/mol. The number of aromatic hydroxyl groups is 1. The van der Waals surface area contributed by atoms with Gasteiger partial charge in [0.25, 0.3) is 0 Å². The molecule has 0 radical (unpaired) electrons. The van der Waals surface area contributed by atoms with Gasteiger partial charge in [0.15, 0.2) is 0 Å².